The van der Waals surface area contributed by atoms with Gasteiger partial charge in [0.2, 0.25) is 5.91 Å². The molecule has 5 heteroatoms. The zero-order valence-corrected chi connectivity index (χ0v) is 12.9. The van der Waals surface area contributed by atoms with Crippen molar-refractivity contribution in [1.82, 2.24) is 10.6 Å². The average molecular weight is 315 g/mol. The van der Waals surface area contributed by atoms with Gasteiger partial charge < -0.3 is 10.6 Å². The predicted octanol–water partition coefficient (Wildman–Crippen LogP) is 2.87. The summed E-state index contributed by atoms with van der Waals surface area (Å²) in [5.74, 6) is 0.646. The van der Waals surface area contributed by atoms with E-state index < -0.39 is 0 Å². The normalized spacial score (nSPS) is 22.9. The number of benzene rings is 1. The first kappa shape index (κ1) is 15.6. The Balaban J connectivity index is 0.00000147. The van der Waals surface area contributed by atoms with Gasteiger partial charge in [-0.3, -0.25) is 4.79 Å². The number of amides is 1. The highest BCUT2D eigenvalue weighted by molar-refractivity contribution is 6.31. The van der Waals surface area contributed by atoms with E-state index in [1.807, 2.05) is 24.3 Å². The van der Waals surface area contributed by atoms with E-state index in [1.165, 1.54) is 0 Å². The number of rotatable bonds is 4. The molecule has 0 aromatic heterocycles. The van der Waals surface area contributed by atoms with Crippen LogP contribution in [0.3, 0.4) is 0 Å². The molecule has 1 unspecified atom stereocenters. The fourth-order valence-corrected chi connectivity index (χ4v) is 3.22. The Morgan fingerprint density at radius 2 is 2.15 bits per heavy atom. The van der Waals surface area contributed by atoms with E-state index in [0.717, 1.165) is 42.9 Å². The third-order valence-electron chi connectivity index (χ3n) is 4.15. The van der Waals surface area contributed by atoms with E-state index in [-0.39, 0.29) is 23.9 Å². The highest BCUT2D eigenvalue weighted by Gasteiger charge is 2.46. The maximum absolute atomic E-state index is 12.2. The van der Waals surface area contributed by atoms with E-state index in [2.05, 4.69) is 10.6 Å². The first-order valence-electron chi connectivity index (χ1n) is 6.96. The second-order valence-electron chi connectivity index (χ2n) is 5.67. The second kappa shape index (κ2) is 6.33. The molecule has 1 amide bonds. The first-order chi connectivity index (χ1) is 9.20. The Hall–Kier alpha value is -0.770. The van der Waals surface area contributed by atoms with Gasteiger partial charge in [0.25, 0.3) is 0 Å². The van der Waals surface area contributed by atoms with E-state index in [4.69, 9.17) is 11.6 Å². The van der Waals surface area contributed by atoms with Crippen molar-refractivity contribution in [2.75, 3.05) is 13.1 Å². The fourth-order valence-electron chi connectivity index (χ4n) is 2.90. The van der Waals surface area contributed by atoms with Gasteiger partial charge in [0, 0.05) is 11.4 Å². The van der Waals surface area contributed by atoms with Gasteiger partial charge in [0.1, 0.15) is 0 Å². The summed E-state index contributed by atoms with van der Waals surface area (Å²) in [5.41, 5.74) is 0.871. The third-order valence-corrected chi connectivity index (χ3v) is 4.48. The molecule has 0 spiro atoms. The minimum Gasteiger partial charge on any atom is -0.347 e. The van der Waals surface area contributed by atoms with Crippen LogP contribution in [0.1, 0.15) is 31.2 Å². The maximum atomic E-state index is 12.2. The van der Waals surface area contributed by atoms with Crippen LogP contribution in [-0.2, 0) is 10.3 Å². The molecule has 1 aromatic carbocycles. The van der Waals surface area contributed by atoms with E-state index in [9.17, 15) is 4.79 Å². The van der Waals surface area contributed by atoms with Crippen molar-refractivity contribution < 1.29 is 4.79 Å². The molecule has 2 N–H and O–H groups in total. The van der Waals surface area contributed by atoms with Crippen LogP contribution in [-0.4, -0.2) is 19.0 Å². The highest BCUT2D eigenvalue weighted by Crippen LogP contribution is 2.48. The summed E-state index contributed by atoms with van der Waals surface area (Å²) in [4.78, 5) is 12.2. The van der Waals surface area contributed by atoms with Crippen molar-refractivity contribution in [3.63, 3.8) is 0 Å². The first-order valence-corrected chi connectivity index (χ1v) is 7.34. The van der Waals surface area contributed by atoms with Gasteiger partial charge in [-0.05, 0) is 49.9 Å². The SMILES string of the molecule is Cl.O=C(CC1CCNC1)NC1(c2ccccc2Cl)CC1. The summed E-state index contributed by atoms with van der Waals surface area (Å²) >= 11 is 6.24. The Bertz CT molecular complexity index is 483. The molecule has 3 rings (SSSR count). The minimum atomic E-state index is -0.193. The monoisotopic (exact) mass is 314 g/mol. The van der Waals surface area contributed by atoms with E-state index in [1.54, 1.807) is 0 Å². The summed E-state index contributed by atoms with van der Waals surface area (Å²) in [6.07, 6.45) is 3.71. The Morgan fingerprint density at radius 3 is 2.75 bits per heavy atom. The highest BCUT2D eigenvalue weighted by atomic mass is 35.5. The lowest BCUT2D eigenvalue weighted by atomic mass is 10.0. The number of nitrogens with one attached hydrogen (secondary N) is 2. The molecule has 1 saturated heterocycles. The smallest absolute Gasteiger partial charge is 0.221 e. The number of hydrogen-bond acceptors (Lipinski definition) is 2. The van der Waals surface area contributed by atoms with Crippen molar-refractivity contribution in [2.24, 2.45) is 5.92 Å². The molecule has 0 radical (unpaired) electrons. The summed E-state index contributed by atoms with van der Waals surface area (Å²) < 4.78 is 0. The van der Waals surface area contributed by atoms with E-state index >= 15 is 0 Å². The average Bonchev–Trinajstić information content (AvgIpc) is 2.97. The minimum absolute atomic E-state index is 0. The molecule has 1 aliphatic carbocycles. The van der Waals surface area contributed by atoms with Crippen LogP contribution in [0.4, 0.5) is 0 Å². The predicted molar refractivity (Wildman–Crippen MR) is 83.3 cm³/mol. The summed E-state index contributed by atoms with van der Waals surface area (Å²) in [6, 6.07) is 7.82. The zero-order valence-electron chi connectivity index (χ0n) is 11.3. The molecule has 1 heterocycles. The van der Waals surface area contributed by atoms with Gasteiger partial charge in [-0.15, -0.1) is 12.4 Å². The Kier molecular flexibility index (Phi) is 4.95. The molecule has 1 aliphatic heterocycles. The van der Waals surface area contributed by atoms with Crippen molar-refractivity contribution in [2.45, 2.75) is 31.2 Å². The molecule has 110 valence electrons. The lowest BCUT2D eigenvalue weighted by Crippen LogP contribution is -2.36. The number of hydrogen-bond donors (Lipinski definition) is 2. The van der Waals surface area contributed by atoms with Crippen LogP contribution in [0, 0.1) is 5.92 Å². The molecule has 20 heavy (non-hydrogen) atoms. The molecular weight excluding hydrogens is 295 g/mol. The van der Waals surface area contributed by atoms with Crippen LogP contribution in [0.2, 0.25) is 5.02 Å². The van der Waals surface area contributed by atoms with Gasteiger partial charge in [-0.1, -0.05) is 29.8 Å². The van der Waals surface area contributed by atoms with Crippen LogP contribution >= 0.6 is 24.0 Å². The van der Waals surface area contributed by atoms with Crippen molar-refractivity contribution in [1.29, 1.82) is 0 Å². The standard InChI is InChI=1S/C15H19ClN2O.ClH/c16-13-4-2-1-3-12(13)15(6-7-15)18-14(19)9-11-5-8-17-10-11;/h1-4,11,17H,5-10H2,(H,18,19);1H. The molecule has 1 saturated carbocycles. The van der Waals surface area contributed by atoms with Gasteiger partial charge in [-0.25, -0.2) is 0 Å². The molecule has 3 nitrogen and oxygen atoms in total. The van der Waals surface area contributed by atoms with Crippen LogP contribution < -0.4 is 10.6 Å². The second-order valence-corrected chi connectivity index (χ2v) is 6.08. The van der Waals surface area contributed by atoms with Crippen LogP contribution in [0.25, 0.3) is 0 Å². The van der Waals surface area contributed by atoms with Crippen LogP contribution in [0.15, 0.2) is 24.3 Å². The van der Waals surface area contributed by atoms with E-state index in [0.29, 0.717) is 12.3 Å². The largest absolute Gasteiger partial charge is 0.347 e. The molecular formula is C15H20Cl2N2O. The lowest BCUT2D eigenvalue weighted by molar-refractivity contribution is -0.122. The topological polar surface area (TPSA) is 41.1 Å². The zero-order chi connectivity index (χ0) is 13.3. The van der Waals surface area contributed by atoms with Gasteiger partial charge in [0.05, 0.1) is 5.54 Å². The van der Waals surface area contributed by atoms with Crippen molar-refractivity contribution >= 4 is 29.9 Å². The number of carbonyl (C=O) groups excluding carboxylic acids is 1. The quantitative estimate of drug-likeness (QED) is 0.897. The summed E-state index contributed by atoms with van der Waals surface area (Å²) in [7, 11) is 0. The Labute approximate surface area is 130 Å². The third kappa shape index (κ3) is 3.27. The fraction of sp³-hybridized carbons (Fsp3) is 0.533. The van der Waals surface area contributed by atoms with Gasteiger partial charge in [-0.2, -0.15) is 0 Å². The maximum Gasteiger partial charge on any atom is 0.221 e. The molecule has 0 bridgehead atoms. The number of halogens is 2. The van der Waals surface area contributed by atoms with Crippen LogP contribution in [0.5, 0.6) is 0 Å². The lowest BCUT2D eigenvalue weighted by Gasteiger charge is -2.20. The van der Waals surface area contributed by atoms with Gasteiger partial charge in [0.15, 0.2) is 0 Å². The van der Waals surface area contributed by atoms with Crippen molar-refractivity contribution in [3.8, 4) is 0 Å². The molecule has 1 aromatic rings. The Morgan fingerprint density at radius 1 is 1.40 bits per heavy atom. The van der Waals surface area contributed by atoms with Gasteiger partial charge >= 0.3 is 0 Å². The summed E-state index contributed by atoms with van der Waals surface area (Å²) in [5, 5.41) is 7.25. The molecule has 2 fully saturated rings. The molecule has 2 aliphatic rings. The molecule has 1 atom stereocenters. The summed E-state index contributed by atoms with van der Waals surface area (Å²) in [6.45, 7) is 2.00. The van der Waals surface area contributed by atoms with Crippen molar-refractivity contribution in [3.05, 3.63) is 34.9 Å². The number of carbonyl (C=O) groups is 1.